The molecule has 0 aliphatic rings. The van der Waals surface area contributed by atoms with Crippen molar-refractivity contribution in [3.63, 3.8) is 0 Å². The van der Waals surface area contributed by atoms with Gasteiger partial charge in [-0.2, -0.15) is 10.2 Å². The zero-order chi connectivity index (χ0) is 14.8. The molecule has 0 spiro atoms. The zero-order valence-electron chi connectivity index (χ0n) is 11.3. The maximum absolute atomic E-state index is 12.7. The van der Waals surface area contributed by atoms with Gasteiger partial charge in [0.15, 0.2) is 5.82 Å². The number of hydrogen-bond acceptors (Lipinski definition) is 3. The van der Waals surface area contributed by atoms with Crippen molar-refractivity contribution in [2.45, 2.75) is 19.8 Å². The van der Waals surface area contributed by atoms with E-state index >= 15 is 0 Å². The number of nitrogens with zero attached hydrogens (tertiary/aromatic N) is 3. The fourth-order valence-corrected chi connectivity index (χ4v) is 2.05. The molecule has 3 rings (SSSR count). The molecule has 0 aliphatic carbocycles. The summed E-state index contributed by atoms with van der Waals surface area (Å²) in [6.07, 6.45) is -2.00. The fraction of sp³-hybridized carbons (Fsp3) is 0.214. The minimum Gasteiger partial charge on any atom is -0.283 e. The van der Waals surface area contributed by atoms with Crippen LogP contribution in [-0.4, -0.2) is 25.4 Å². The van der Waals surface area contributed by atoms with Crippen molar-refractivity contribution in [1.29, 1.82) is 0 Å². The molecule has 0 saturated carbocycles. The first-order valence-electron chi connectivity index (χ1n) is 6.42. The second kappa shape index (κ2) is 5.43. The van der Waals surface area contributed by atoms with E-state index in [0.717, 1.165) is 11.4 Å². The van der Waals surface area contributed by atoms with E-state index < -0.39 is 6.43 Å². The molecule has 5 nitrogen and oxygen atoms in total. The lowest BCUT2D eigenvalue weighted by Crippen LogP contribution is -1.91. The van der Waals surface area contributed by atoms with Gasteiger partial charge >= 0.3 is 0 Å². The quantitative estimate of drug-likeness (QED) is 0.775. The first-order chi connectivity index (χ1) is 10.1. The Labute approximate surface area is 119 Å². The van der Waals surface area contributed by atoms with Gasteiger partial charge in [0.05, 0.1) is 12.1 Å². The molecular formula is C14H13F2N5. The zero-order valence-corrected chi connectivity index (χ0v) is 11.3. The van der Waals surface area contributed by atoms with Crippen LogP contribution >= 0.6 is 0 Å². The van der Waals surface area contributed by atoms with Crippen LogP contribution in [0.4, 0.5) is 8.78 Å². The monoisotopic (exact) mass is 289 g/mol. The van der Waals surface area contributed by atoms with Crippen molar-refractivity contribution in [3.05, 3.63) is 53.1 Å². The largest absolute Gasteiger partial charge is 0.283 e. The van der Waals surface area contributed by atoms with Crippen molar-refractivity contribution in [1.82, 2.24) is 25.4 Å². The van der Waals surface area contributed by atoms with Gasteiger partial charge in [0.2, 0.25) is 0 Å². The molecule has 0 atom stereocenters. The van der Waals surface area contributed by atoms with Gasteiger partial charge in [0.1, 0.15) is 5.82 Å². The normalized spacial score (nSPS) is 11.2. The average molecular weight is 289 g/mol. The van der Waals surface area contributed by atoms with E-state index in [1.165, 1.54) is 12.1 Å². The Morgan fingerprint density at radius 2 is 2.00 bits per heavy atom. The summed E-state index contributed by atoms with van der Waals surface area (Å²) >= 11 is 0. The summed E-state index contributed by atoms with van der Waals surface area (Å²) in [5.74, 6) is 1.04. The fourth-order valence-electron chi connectivity index (χ4n) is 2.05. The van der Waals surface area contributed by atoms with Crippen molar-refractivity contribution in [2.24, 2.45) is 0 Å². The summed E-state index contributed by atoms with van der Waals surface area (Å²) in [5.41, 5.74) is 2.33. The van der Waals surface area contributed by atoms with E-state index in [2.05, 4.69) is 25.4 Å². The maximum Gasteiger partial charge on any atom is 0.263 e. The first kappa shape index (κ1) is 13.4. The Morgan fingerprint density at radius 3 is 2.71 bits per heavy atom. The number of aryl methyl sites for hydroxylation is 1. The number of H-pyrrole nitrogens is 2. The van der Waals surface area contributed by atoms with E-state index in [4.69, 9.17) is 0 Å². The highest BCUT2D eigenvalue weighted by Gasteiger charge is 2.11. The highest BCUT2D eigenvalue weighted by molar-refractivity contribution is 5.55. The Bertz CT molecular complexity index is 747. The van der Waals surface area contributed by atoms with Crippen LogP contribution in [0.2, 0.25) is 0 Å². The van der Waals surface area contributed by atoms with Gasteiger partial charge in [-0.25, -0.2) is 13.8 Å². The number of nitrogens with one attached hydrogen (secondary N) is 2. The lowest BCUT2D eigenvalue weighted by molar-refractivity contribution is 0.151. The molecule has 3 aromatic rings. The molecule has 0 bridgehead atoms. The lowest BCUT2D eigenvalue weighted by atomic mass is 10.1. The molecule has 0 unspecified atom stereocenters. The molecule has 0 aliphatic heterocycles. The number of benzene rings is 1. The Balaban J connectivity index is 1.83. The highest BCUT2D eigenvalue weighted by atomic mass is 19.3. The summed E-state index contributed by atoms with van der Waals surface area (Å²) in [5, 5.41) is 13.8. The number of alkyl halides is 2. The van der Waals surface area contributed by atoms with E-state index in [-0.39, 0.29) is 5.56 Å². The second-order valence-corrected chi connectivity index (χ2v) is 4.75. The lowest BCUT2D eigenvalue weighted by Gasteiger charge is -2.00. The smallest absolute Gasteiger partial charge is 0.263 e. The van der Waals surface area contributed by atoms with E-state index in [0.29, 0.717) is 23.6 Å². The van der Waals surface area contributed by atoms with Crippen LogP contribution in [0.5, 0.6) is 0 Å². The number of aromatic amines is 2. The molecule has 0 radical (unpaired) electrons. The van der Waals surface area contributed by atoms with Crippen LogP contribution in [0.1, 0.15) is 29.2 Å². The molecule has 2 heterocycles. The van der Waals surface area contributed by atoms with Gasteiger partial charge in [0.25, 0.3) is 6.43 Å². The molecule has 21 heavy (non-hydrogen) atoms. The third kappa shape index (κ3) is 2.96. The molecule has 2 N–H and O–H groups in total. The summed E-state index contributed by atoms with van der Waals surface area (Å²) in [7, 11) is 0. The first-order valence-corrected chi connectivity index (χ1v) is 6.42. The molecule has 0 amide bonds. The van der Waals surface area contributed by atoms with Gasteiger partial charge < -0.3 is 0 Å². The van der Waals surface area contributed by atoms with Gasteiger partial charge in [-0.15, -0.1) is 0 Å². The minimum atomic E-state index is -2.50. The topological polar surface area (TPSA) is 70.2 Å². The Morgan fingerprint density at radius 1 is 1.14 bits per heavy atom. The maximum atomic E-state index is 12.7. The van der Waals surface area contributed by atoms with E-state index in [1.807, 2.05) is 13.0 Å². The van der Waals surface area contributed by atoms with Crippen LogP contribution in [0, 0.1) is 6.92 Å². The molecule has 2 aromatic heterocycles. The molecular weight excluding hydrogens is 276 g/mol. The van der Waals surface area contributed by atoms with Crippen LogP contribution in [0.25, 0.3) is 11.4 Å². The predicted molar refractivity (Wildman–Crippen MR) is 72.9 cm³/mol. The highest BCUT2D eigenvalue weighted by Crippen LogP contribution is 2.23. The standard InChI is InChI=1S/C14H13F2N5/c1-8-5-11(19-18-8)7-12-17-14(21-20-12)10-4-2-3-9(6-10)13(15)16/h2-6,13H,7H2,1H3,(H,18,19)(H,17,20,21). The van der Waals surface area contributed by atoms with E-state index in [1.54, 1.807) is 12.1 Å². The van der Waals surface area contributed by atoms with Crippen molar-refractivity contribution in [2.75, 3.05) is 0 Å². The molecule has 108 valence electrons. The molecule has 0 saturated heterocycles. The number of halogens is 2. The third-order valence-electron chi connectivity index (χ3n) is 3.04. The number of hydrogen-bond donors (Lipinski definition) is 2. The van der Waals surface area contributed by atoms with Crippen LogP contribution < -0.4 is 0 Å². The minimum absolute atomic E-state index is 0.0400. The Kier molecular flexibility index (Phi) is 3.47. The summed E-state index contributed by atoms with van der Waals surface area (Å²) in [6.45, 7) is 1.91. The summed E-state index contributed by atoms with van der Waals surface area (Å²) in [6, 6.07) is 7.98. The van der Waals surface area contributed by atoms with Gasteiger partial charge in [-0.05, 0) is 19.1 Å². The molecule has 1 aromatic carbocycles. The molecule has 7 heteroatoms. The van der Waals surface area contributed by atoms with Gasteiger partial charge in [0, 0.05) is 16.8 Å². The second-order valence-electron chi connectivity index (χ2n) is 4.75. The van der Waals surface area contributed by atoms with Gasteiger partial charge in [-0.1, -0.05) is 18.2 Å². The predicted octanol–water partition coefficient (Wildman–Crippen LogP) is 3.03. The van der Waals surface area contributed by atoms with Crippen LogP contribution in [0.15, 0.2) is 30.3 Å². The van der Waals surface area contributed by atoms with Crippen LogP contribution in [-0.2, 0) is 6.42 Å². The Hall–Kier alpha value is -2.57. The molecule has 0 fully saturated rings. The number of rotatable bonds is 4. The number of aromatic nitrogens is 5. The van der Waals surface area contributed by atoms with E-state index in [9.17, 15) is 8.78 Å². The van der Waals surface area contributed by atoms with Crippen molar-refractivity contribution in [3.8, 4) is 11.4 Å². The summed E-state index contributed by atoms with van der Waals surface area (Å²) in [4.78, 5) is 4.32. The average Bonchev–Trinajstić information content (AvgIpc) is 3.09. The van der Waals surface area contributed by atoms with Gasteiger partial charge in [-0.3, -0.25) is 10.2 Å². The van der Waals surface area contributed by atoms with Crippen molar-refractivity contribution < 1.29 is 8.78 Å². The van der Waals surface area contributed by atoms with Crippen molar-refractivity contribution >= 4 is 0 Å². The summed E-state index contributed by atoms with van der Waals surface area (Å²) < 4.78 is 25.4. The van der Waals surface area contributed by atoms with Crippen LogP contribution in [0.3, 0.4) is 0 Å². The SMILES string of the molecule is Cc1cc(Cc2nc(-c3cccc(C(F)F)c3)n[nH]2)n[nH]1. The third-order valence-corrected chi connectivity index (χ3v) is 3.04.